The molecule has 2 saturated carbocycles. The van der Waals surface area contributed by atoms with Crippen LogP contribution in [0.15, 0.2) is 34.7 Å². The van der Waals surface area contributed by atoms with Crippen molar-refractivity contribution in [1.29, 1.82) is 0 Å². The average molecular weight is 304 g/mol. The predicted octanol–water partition coefficient (Wildman–Crippen LogP) is 6.83. The molecule has 0 aromatic rings. The number of hydrogen-bond donors (Lipinski definition) is 0. The standard InChI is InChI=1S/C19H29OP/c1-2-15-21(20)18(16-9-5-3-6-10-16)13-14-19(21)17-11-7-4-8-12-17/h2,13-17H,3-12H2,1H3/b15-2+. The fourth-order valence-electron chi connectivity index (χ4n) is 4.53. The fraction of sp³-hybridized carbons (Fsp3) is 0.684. The third-order valence-corrected chi connectivity index (χ3v) is 8.88. The largest absolute Gasteiger partial charge is 0.310 e. The Balaban J connectivity index is 1.85. The quantitative estimate of drug-likeness (QED) is 0.522. The molecule has 0 aromatic heterocycles. The van der Waals surface area contributed by atoms with E-state index in [1.54, 1.807) is 0 Å². The van der Waals surface area contributed by atoms with Gasteiger partial charge in [-0.3, -0.25) is 0 Å². The smallest absolute Gasteiger partial charge is 0.156 e. The molecular formula is C19H29OP. The number of rotatable bonds is 3. The summed E-state index contributed by atoms with van der Waals surface area (Å²) in [5, 5.41) is 2.58. The second-order valence-corrected chi connectivity index (χ2v) is 9.64. The highest BCUT2D eigenvalue weighted by molar-refractivity contribution is 7.75. The first-order valence-electron chi connectivity index (χ1n) is 8.92. The molecule has 2 aliphatic carbocycles. The van der Waals surface area contributed by atoms with Crippen LogP contribution in [-0.2, 0) is 4.57 Å². The normalized spacial score (nSPS) is 27.9. The van der Waals surface area contributed by atoms with Crippen molar-refractivity contribution in [2.75, 3.05) is 0 Å². The monoisotopic (exact) mass is 304 g/mol. The molecule has 0 atom stereocenters. The zero-order chi connectivity index (χ0) is 14.7. The first-order chi connectivity index (χ1) is 10.3. The maximum atomic E-state index is 13.9. The summed E-state index contributed by atoms with van der Waals surface area (Å²) in [6, 6.07) is 0. The second kappa shape index (κ2) is 6.69. The van der Waals surface area contributed by atoms with Crippen LogP contribution in [0.1, 0.15) is 71.1 Å². The van der Waals surface area contributed by atoms with Crippen LogP contribution in [0.2, 0.25) is 0 Å². The Morgan fingerprint density at radius 1 is 0.857 bits per heavy atom. The number of allylic oxidation sites excluding steroid dienone is 5. The van der Waals surface area contributed by atoms with Gasteiger partial charge in [0, 0.05) is 0 Å². The summed E-state index contributed by atoms with van der Waals surface area (Å²) in [6.45, 7) is 2.02. The van der Waals surface area contributed by atoms with Crippen LogP contribution in [0, 0.1) is 11.8 Å². The van der Waals surface area contributed by atoms with Gasteiger partial charge >= 0.3 is 0 Å². The van der Waals surface area contributed by atoms with Crippen molar-refractivity contribution < 1.29 is 4.57 Å². The molecule has 2 heteroatoms. The van der Waals surface area contributed by atoms with E-state index in [4.69, 9.17) is 0 Å². The average Bonchev–Trinajstić information content (AvgIpc) is 2.86. The van der Waals surface area contributed by atoms with Gasteiger partial charge in [0.25, 0.3) is 0 Å². The van der Waals surface area contributed by atoms with Gasteiger partial charge in [-0.2, -0.15) is 0 Å². The molecule has 2 fully saturated rings. The molecule has 0 unspecified atom stereocenters. The molecule has 0 N–H and O–H groups in total. The molecule has 0 radical (unpaired) electrons. The molecule has 0 aromatic carbocycles. The Labute approximate surface area is 130 Å². The van der Waals surface area contributed by atoms with E-state index in [9.17, 15) is 4.57 Å². The summed E-state index contributed by atoms with van der Waals surface area (Å²) in [6.07, 6.45) is 19.5. The van der Waals surface area contributed by atoms with E-state index in [1.165, 1.54) is 74.8 Å². The van der Waals surface area contributed by atoms with Crippen LogP contribution in [0.4, 0.5) is 0 Å². The SMILES string of the molecule is C/C=C/P1(=O)C(C2CCCCC2)=CC=C1C1CCCCC1. The molecule has 0 amide bonds. The van der Waals surface area contributed by atoms with E-state index in [-0.39, 0.29) is 0 Å². The minimum Gasteiger partial charge on any atom is -0.310 e. The van der Waals surface area contributed by atoms with Gasteiger partial charge in [-0.15, -0.1) is 0 Å². The van der Waals surface area contributed by atoms with Crippen LogP contribution in [-0.4, -0.2) is 0 Å². The molecule has 3 rings (SSSR count). The van der Waals surface area contributed by atoms with Crippen LogP contribution in [0.25, 0.3) is 0 Å². The highest BCUT2D eigenvalue weighted by Crippen LogP contribution is 2.71. The Hall–Kier alpha value is -0.550. The lowest BCUT2D eigenvalue weighted by atomic mass is 9.88. The molecule has 116 valence electrons. The van der Waals surface area contributed by atoms with Crippen molar-refractivity contribution in [3.63, 3.8) is 0 Å². The van der Waals surface area contributed by atoms with Gasteiger partial charge in [0.1, 0.15) is 0 Å². The Morgan fingerprint density at radius 2 is 1.29 bits per heavy atom. The topological polar surface area (TPSA) is 17.1 Å². The lowest BCUT2D eigenvalue weighted by molar-refractivity contribution is 0.406. The lowest BCUT2D eigenvalue weighted by Gasteiger charge is -2.31. The molecule has 1 nitrogen and oxygen atoms in total. The van der Waals surface area contributed by atoms with Gasteiger partial charge in [-0.25, -0.2) is 0 Å². The van der Waals surface area contributed by atoms with Gasteiger partial charge in [0.2, 0.25) is 0 Å². The van der Waals surface area contributed by atoms with Crippen LogP contribution in [0.5, 0.6) is 0 Å². The summed E-state index contributed by atoms with van der Waals surface area (Å²) in [5.41, 5.74) is 0. The summed E-state index contributed by atoms with van der Waals surface area (Å²) in [5.74, 6) is 3.22. The zero-order valence-electron chi connectivity index (χ0n) is 13.4. The molecule has 1 aliphatic heterocycles. The van der Waals surface area contributed by atoms with Crippen molar-refractivity contribution in [2.24, 2.45) is 11.8 Å². The third kappa shape index (κ3) is 3.00. The first-order valence-corrected chi connectivity index (χ1v) is 10.7. The minimum absolute atomic E-state index is 0.582. The van der Waals surface area contributed by atoms with Crippen LogP contribution in [0.3, 0.4) is 0 Å². The van der Waals surface area contributed by atoms with Gasteiger partial charge in [0.15, 0.2) is 7.14 Å². The first kappa shape index (κ1) is 15.3. The summed E-state index contributed by atoms with van der Waals surface area (Å²) >= 11 is 0. The Kier molecular flexibility index (Phi) is 4.89. The van der Waals surface area contributed by atoms with Crippen molar-refractivity contribution in [3.8, 4) is 0 Å². The van der Waals surface area contributed by atoms with E-state index >= 15 is 0 Å². The molecule has 3 aliphatic rings. The van der Waals surface area contributed by atoms with Gasteiger partial charge in [0.05, 0.1) is 0 Å². The van der Waals surface area contributed by atoms with E-state index in [2.05, 4.69) is 18.0 Å². The van der Waals surface area contributed by atoms with Crippen molar-refractivity contribution in [1.82, 2.24) is 0 Å². The molecular weight excluding hydrogens is 275 g/mol. The zero-order valence-corrected chi connectivity index (χ0v) is 14.3. The van der Waals surface area contributed by atoms with E-state index in [0.29, 0.717) is 11.8 Å². The van der Waals surface area contributed by atoms with Gasteiger partial charge < -0.3 is 4.57 Å². The molecule has 0 bridgehead atoms. The second-order valence-electron chi connectivity index (χ2n) is 6.99. The maximum absolute atomic E-state index is 13.9. The summed E-state index contributed by atoms with van der Waals surface area (Å²) < 4.78 is 13.9. The van der Waals surface area contributed by atoms with Crippen LogP contribution >= 0.6 is 7.14 Å². The highest BCUT2D eigenvalue weighted by atomic mass is 31.2. The van der Waals surface area contributed by atoms with Crippen molar-refractivity contribution >= 4 is 7.14 Å². The Morgan fingerprint density at radius 3 is 1.67 bits per heavy atom. The van der Waals surface area contributed by atoms with E-state index in [0.717, 1.165) is 0 Å². The predicted molar refractivity (Wildman–Crippen MR) is 91.7 cm³/mol. The molecule has 0 spiro atoms. The van der Waals surface area contributed by atoms with Crippen molar-refractivity contribution in [3.05, 3.63) is 34.7 Å². The third-order valence-electron chi connectivity index (χ3n) is 5.60. The van der Waals surface area contributed by atoms with Crippen molar-refractivity contribution in [2.45, 2.75) is 71.1 Å². The summed E-state index contributed by atoms with van der Waals surface area (Å²) in [7, 11) is -2.39. The minimum atomic E-state index is -2.39. The van der Waals surface area contributed by atoms with Crippen LogP contribution < -0.4 is 0 Å². The lowest BCUT2D eigenvalue weighted by Crippen LogP contribution is -2.12. The molecule has 21 heavy (non-hydrogen) atoms. The van der Waals surface area contributed by atoms with E-state index in [1.807, 2.05) is 13.0 Å². The van der Waals surface area contributed by atoms with Gasteiger partial charge in [-0.1, -0.05) is 56.8 Å². The molecule has 0 saturated heterocycles. The Bertz CT molecular complexity index is 462. The van der Waals surface area contributed by atoms with Gasteiger partial charge in [-0.05, 0) is 60.9 Å². The maximum Gasteiger partial charge on any atom is 0.156 e. The summed E-state index contributed by atoms with van der Waals surface area (Å²) in [4.78, 5) is 0. The highest BCUT2D eigenvalue weighted by Gasteiger charge is 2.40. The number of hydrogen-bond acceptors (Lipinski definition) is 1. The molecule has 1 heterocycles. The van der Waals surface area contributed by atoms with E-state index < -0.39 is 7.14 Å². The fourth-order valence-corrected chi connectivity index (χ4v) is 7.79.